The molecule has 0 amide bonds. The van der Waals surface area contributed by atoms with Gasteiger partial charge >= 0.3 is 0 Å². The van der Waals surface area contributed by atoms with Crippen LogP contribution in [0.1, 0.15) is 0 Å². The molecule has 0 spiro atoms. The summed E-state index contributed by atoms with van der Waals surface area (Å²) in [6, 6.07) is 0. The fourth-order valence-electron chi connectivity index (χ4n) is 0.295. The van der Waals surface area contributed by atoms with Gasteiger partial charge in [-0.3, -0.25) is 0 Å². The summed E-state index contributed by atoms with van der Waals surface area (Å²) in [6.07, 6.45) is 0.978. The van der Waals surface area contributed by atoms with Gasteiger partial charge in [0.2, 0.25) is 0 Å². The fourth-order valence-corrected chi connectivity index (χ4v) is 2.65. The van der Waals surface area contributed by atoms with E-state index in [0.29, 0.717) is 0 Å². The zero-order valence-corrected chi connectivity index (χ0v) is 5.77. The Labute approximate surface area is 35.5 Å². The van der Waals surface area contributed by atoms with Crippen molar-refractivity contribution in [2.24, 2.45) is 0 Å². The van der Waals surface area contributed by atoms with Gasteiger partial charge in [0.15, 0.2) is 9.76 Å². The Morgan fingerprint density at radius 2 is 2.60 bits per heavy atom. The van der Waals surface area contributed by atoms with Crippen molar-refractivity contribution in [3.05, 3.63) is 0 Å². The summed E-state index contributed by atoms with van der Waals surface area (Å²) >= 11 is 0. The Kier molecular flexibility index (Phi) is 1.21. The van der Waals surface area contributed by atoms with Gasteiger partial charge in [-0.15, -0.1) is 0 Å². The van der Waals surface area contributed by atoms with E-state index in [4.69, 9.17) is 8.54 Å². The van der Waals surface area contributed by atoms with Gasteiger partial charge in [0.05, 0.1) is 0 Å². The lowest BCUT2D eigenvalue weighted by atomic mass is 11.7. The fraction of sp³-hybridized carbons (Fsp3) is 1.00. The van der Waals surface area contributed by atoms with Gasteiger partial charge < -0.3 is 8.54 Å². The van der Waals surface area contributed by atoms with Crippen LogP contribution in [0, 0.1) is 0 Å². The predicted molar refractivity (Wildman–Crippen MR) is 24.1 cm³/mol. The summed E-state index contributed by atoms with van der Waals surface area (Å²) in [5.74, 6) is 0. The topological polar surface area (TPSA) is 18.5 Å². The molecule has 30 valence electrons. The number of hydrogen-bond acceptors (Lipinski definition) is 2. The van der Waals surface area contributed by atoms with Crippen LogP contribution in [0.3, 0.4) is 0 Å². The maximum Gasteiger partial charge on any atom is 0.293 e. The summed E-state index contributed by atoms with van der Waals surface area (Å²) < 4.78 is 9.92. The van der Waals surface area contributed by atoms with E-state index in [-0.39, 0.29) is 9.76 Å². The third-order valence-electron chi connectivity index (χ3n) is 0.539. The van der Waals surface area contributed by atoms with Crippen molar-refractivity contribution in [1.29, 1.82) is 0 Å². The van der Waals surface area contributed by atoms with Crippen molar-refractivity contribution in [3.8, 4) is 0 Å². The smallest absolute Gasteiger partial charge is 0.293 e. The maximum absolute atomic E-state index is 5.00. The van der Waals surface area contributed by atoms with Crippen LogP contribution in [0.4, 0.5) is 0 Å². The van der Waals surface area contributed by atoms with E-state index in [0.717, 1.165) is 6.23 Å². The van der Waals surface area contributed by atoms with E-state index in [1.54, 1.807) is 0 Å². The summed E-state index contributed by atoms with van der Waals surface area (Å²) in [4.78, 5) is 0. The Hall–Kier alpha value is 0.354. The number of rotatable bonds is 0. The Balaban J connectivity index is 2.08. The summed E-state index contributed by atoms with van der Waals surface area (Å²) in [5.41, 5.74) is 0. The molecule has 1 fully saturated rings. The van der Waals surface area contributed by atoms with Crippen molar-refractivity contribution in [3.63, 3.8) is 0 Å². The Morgan fingerprint density at radius 1 is 1.60 bits per heavy atom. The molecule has 0 atom stereocenters. The first kappa shape index (κ1) is 3.54. The molecular formula is CH6O2Si2. The quantitative estimate of drug-likeness (QED) is 0.335. The minimum absolute atomic E-state index is 0.117. The van der Waals surface area contributed by atoms with Crippen molar-refractivity contribution in [1.82, 2.24) is 0 Å². The van der Waals surface area contributed by atoms with Crippen LogP contribution in [-0.2, 0) is 8.54 Å². The Bertz CT molecular complexity index is 19.2. The molecule has 0 aromatic carbocycles. The van der Waals surface area contributed by atoms with Gasteiger partial charge in [-0.2, -0.15) is 0 Å². The van der Waals surface area contributed by atoms with E-state index in [1.807, 2.05) is 0 Å². The Morgan fingerprint density at radius 3 is 2.80 bits per heavy atom. The molecule has 0 aliphatic carbocycles. The molecule has 0 bridgehead atoms. The lowest BCUT2D eigenvalue weighted by Gasteiger charge is -1.75. The highest BCUT2D eigenvalue weighted by Crippen LogP contribution is 1.79. The summed E-state index contributed by atoms with van der Waals surface area (Å²) in [6.45, 7) is 0. The van der Waals surface area contributed by atoms with Gasteiger partial charge in [0.1, 0.15) is 0 Å². The zero-order chi connectivity index (χ0) is 3.54. The minimum Gasteiger partial charge on any atom is -0.444 e. The normalized spacial score (nSPS) is 33.6. The van der Waals surface area contributed by atoms with Gasteiger partial charge in [-0.05, 0) is 0 Å². The van der Waals surface area contributed by atoms with Crippen LogP contribution in [0.15, 0.2) is 0 Å². The van der Waals surface area contributed by atoms with E-state index in [2.05, 4.69) is 0 Å². The predicted octanol–water partition coefficient (Wildman–Crippen LogP) is -1.93. The molecule has 0 N–H and O–H groups in total. The van der Waals surface area contributed by atoms with E-state index >= 15 is 0 Å². The van der Waals surface area contributed by atoms with Crippen molar-refractivity contribution >= 4 is 19.8 Å². The van der Waals surface area contributed by atoms with Crippen LogP contribution in [-0.4, -0.2) is 26.0 Å². The molecule has 1 heterocycles. The average molecular weight is 106 g/mol. The SMILES string of the molecule is C1O[SiH2]O[SiH2]1. The third-order valence-corrected chi connectivity index (χ3v) is 3.85. The molecular weight excluding hydrogens is 100 g/mol. The summed E-state index contributed by atoms with van der Waals surface area (Å²) in [5, 5.41) is 0. The van der Waals surface area contributed by atoms with Crippen LogP contribution in [0.2, 0.25) is 0 Å². The van der Waals surface area contributed by atoms with Crippen molar-refractivity contribution < 1.29 is 8.54 Å². The standard InChI is InChI=1S/CH6O2Si2/c1-2-5-3-4-1/h1,4-5H2. The van der Waals surface area contributed by atoms with Gasteiger partial charge in [0, 0.05) is 6.23 Å². The van der Waals surface area contributed by atoms with Gasteiger partial charge in [-0.25, -0.2) is 0 Å². The second-order valence-corrected chi connectivity index (χ2v) is 4.03. The molecule has 0 aromatic rings. The summed E-state index contributed by atoms with van der Waals surface area (Å²) in [7, 11) is -0.512. The molecule has 1 rings (SSSR count). The van der Waals surface area contributed by atoms with Crippen LogP contribution in [0.5, 0.6) is 0 Å². The van der Waals surface area contributed by atoms with E-state index < -0.39 is 10.0 Å². The molecule has 4 heteroatoms. The average Bonchev–Trinajstić information content (AvgIpc) is 1.76. The maximum atomic E-state index is 5.00. The molecule has 1 aliphatic heterocycles. The lowest BCUT2D eigenvalue weighted by Crippen LogP contribution is -1.87. The number of hydrogen-bond donors (Lipinski definition) is 0. The highest BCUT2D eigenvalue weighted by molar-refractivity contribution is 6.43. The van der Waals surface area contributed by atoms with Crippen LogP contribution in [0.25, 0.3) is 0 Å². The minimum atomic E-state index is -0.395. The second-order valence-electron chi connectivity index (χ2n) is 0.934. The molecule has 5 heavy (non-hydrogen) atoms. The first-order chi connectivity index (χ1) is 2.50. The largest absolute Gasteiger partial charge is 0.444 e. The molecule has 1 aliphatic rings. The van der Waals surface area contributed by atoms with E-state index in [9.17, 15) is 0 Å². The molecule has 0 unspecified atom stereocenters. The first-order valence-electron chi connectivity index (χ1n) is 1.65. The van der Waals surface area contributed by atoms with Crippen LogP contribution < -0.4 is 0 Å². The molecule has 0 aromatic heterocycles. The van der Waals surface area contributed by atoms with Crippen molar-refractivity contribution in [2.75, 3.05) is 6.23 Å². The highest BCUT2D eigenvalue weighted by atomic mass is 28.3. The highest BCUT2D eigenvalue weighted by Gasteiger charge is 1.96. The molecule has 2 nitrogen and oxygen atoms in total. The zero-order valence-electron chi connectivity index (χ0n) is 2.94. The third kappa shape index (κ3) is 0.842. The lowest BCUT2D eigenvalue weighted by molar-refractivity contribution is 0.402. The van der Waals surface area contributed by atoms with Crippen LogP contribution >= 0.6 is 0 Å². The molecule has 0 radical (unpaired) electrons. The second kappa shape index (κ2) is 1.71. The monoisotopic (exact) mass is 106 g/mol. The van der Waals surface area contributed by atoms with Gasteiger partial charge in [-0.1, -0.05) is 0 Å². The molecule has 0 saturated carbocycles. The van der Waals surface area contributed by atoms with Gasteiger partial charge in [0.25, 0.3) is 10.0 Å². The first-order valence-corrected chi connectivity index (χ1v) is 4.39. The molecule has 1 saturated heterocycles. The van der Waals surface area contributed by atoms with Crippen molar-refractivity contribution in [2.45, 2.75) is 0 Å². The van der Waals surface area contributed by atoms with E-state index in [1.165, 1.54) is 0 Å².